The Morgan fingerprint density at radius 2 is 1.43 bits per heavy atom. The van der Waals surface area contributed by atoms with Gasteiger partial charge in [0.15, 0.2) is 11.7 Å². The highest BCUT2D eigenvalue weighted by atomic mass is 32.2. The van der Waals surface area contributed by atoms with E-state index in [4.69, 9.17) is 9.98 Å². The summed E-state index contributed by atoms with van der Waals surface area (Å²) in [5.74, 6) is 1.15. The van der Waals surface area contributed by atoms with E-state index >= 15 is 0 Å². The molecule has 6 aromatic carbocycles. The van der Waals surface area contributed by atoms with Crippen molar-refractivity contribution < 1.29 is 0 Å². The van der Waals surface area contributed by atoms with Gasteiger partial charge in [-0.1, -0.05) is 147 Å². The second kappa shape index (κ2) is 14.6. The molecule has 7 aromatic rings. The Morgan fingerprint density at radius 3 is 2.18 bits per heavy atom. The van der Waals surface area contributed by atoms with E-state index in [9.17, 15) is 0 Å². The van der Waals surface area contributed by atoms with E-state index in [1.165, 1.54) is 63.7 Å². The van der Waals surface area contributed by atoms with Crippen molar-refractivity contribution in [2.45, 2.75) is 42.5 Å². The molecule has 272 valence electrons. The van der Waals surface area contributed by atoms with Crippen LogP contribution in [0.15, 0.2) is 193 Å². The first kappa shape index (κ1) is 35.7. The van der Waals surface area contributed by atoms with Crippen molar-refractivity contribution in [3.8, 4) is 16.8 Å². The number of benzene rings is 6. The first-order valence-corrected chi connectivity index (χ1v) is 20.4. The Hall–Kier alpha value is -5.95. The van der Waals surface area contributed by atoms with Gasteiger partial charge in [-0.05, 0) is 90.0 Å². The topological polar surface area (TPSA) is 42.0 Å². The van der Waals surface area contributed by atoms with Crippen LogP contribution in [0.1, 0.15) is 48.6 Å². The number of hydrogen-bond acceptors (Lipinski definition) is 3. The lowest BCUT2D eigenvalue weighted by Crippen LogP contribution is -2.17. The van der Waals surface area contributed by atoms with Crippen LogP contribution in [0.2, 0.25) is 0 Å². The minimum atomic E-state index is -0.233. The van der Waals surface area contributed by atoms with E-state index in [1.54, 1.807) is 0 Å². The maximum absolute atomic E-state index is 5.00. The molecule has 1 aliphatic heterocycles. The largest absolute Gasteiger partial charge is 0.309 e. The van der Waals surface area contributed by atoms with Gasteiger partial charge in [-0.3, -0.25) is 4.99 Å². The molecule has 0 spiro atoms. The Balaban J connectivity index is 1.15. The molecule has 4 nitrogen and oxygen atoms in total. The molecular weight excluding hydrogens is 721 g/mol. The highest BCUT2D eigenvalue weighted by molar-refractivity contribution is 8.09. The van der Waals surface area contributed by atoms with Crippen LogP contribution in [0.3, 0.4) is 0 Å². The van der Waals surface area contributed by atoms with Crippen molar-refractivity contribution in [2.75, 3.05) is 0 Å². The molecule has 0 saturated heterocycles. The molecular formula is C50H40N4S2. The predicted octanol–water partition coefficient (Wildman–Crippen LogP) is 13.4. The van der Waals surface area contributed by atoms with Crippen molar-refractivity contribution in [3.63, 3.8) is 0 Å². The molecule has 9 rings (SSSR count). The molecule has 0 unspecified atom stereocenters. The van der Waals surface area contributed by atoms with Crippen molar-refractivity contribution >= 4 is 63.7 Å². The summed E-state index contributed by atoms with van der Waals surface area (Å²) in [6, 6.07) is 47.2. The summed E-state index contributed by atoms with van der Waals surface area (Å²) in [6.07, 6.45) is 6.04. The fourth-order valence-corrected chi connectivity index (χ4v) is 10.3. The fraction of sp³-hybridized carbons (Fsp3) is 0.100. The molecule has 0 fully saturated rings. The van der Waals surface area contributed by atoms with E-state index in [-0.39, 0.29) is 5.41 Å². The molecule has 0 bridgehead atoms. The number of fused-ring (bicyclic) bond motifs is 8. The zero-order valence-corrected chi connectivity index (χ0v) is 33.3. The summed E-state index contributed by atoms with van der Waals surface area (Å²) in [7, 11) is 0. The number of para-hydroxylation sites is 1. The predicted molar refractivity (Wildman–Crippen MR) is 241 cm³/mol. The second-order valence-electron chi connectivity index (χ2n) is 14.6. The third-order valence-corrected chi connectivity index (χ3v) is 13.3. The van der Waals surface area contributed by atoms with Crippen LogP contribution in [0.25, 0.3) is 38.6 Å². The SMILES string of the molecule is C=C/C=C\C1=C(C)Sc2cc3c(cc2S1)C(C)(C)c1c-3ccc2c3ccccc3n(-c3ccc(C(N=C)=NC(=NCc4ccccc4)c4ccccc4)cc3)c12. The van der Waals surface area contributed by atoms with Gasteiger partial charge in [-0.2, -0.15) is 0 Å². The molecule has 0 amide bonds. The first-order valence-electron chi connectivity index (χ1n) is 18.8. The summed E-state index contributed by atoms with van der Waals surface area (Å²) in [4.78, 5) is 19.6. The van der Waals surface area contributed by atoms with Gasteiger partial charge in [-0.25, -0.2) is 9.98 Å². The number of hydrogen-bond donors (Lipinski definition) is 0. The summed E-state index contributed by atoms with van der Waals surface area (Å²) < 4.78 is 2.45. The Bertz CT molecular complexity index is 2820. The molecule has 2 aliphatic rings. The summed E-state index contributed by atoms with van der Waals surface area (Å²) in [6.45, 7) is 15.3. The lowest BCUT2D eigenvalue weighted by Gasteiger charge is -2.25. The minimum absolute atomic E-state index is 0.233. The average Bonchev–Trinajstić information content (AvgIpc) is 3.68. The Morgan fingerprint density at radius 1 is 0.732 bits per heavy atom. The number of aromatic nitrogens is 1. The lowest BCUT2D eigenvalue weighted by atomic mass is 9.81. The van der Waals surface area contributed by atoms with E-state index in [1.807, 2.05) is 84.2 Å². The Kier molecular flexibility index (Phi) is 9.32. The van der Waals surface area contributed by atoms with Crippen LogP contribution in [0.5, 0.6) is 0 Å². The fourth-order valence-electron chi connectivity index (χ4n) is 8.07. The van der Waals surface area contributed by atoms with Gasteiger partial charge in [0.25, 0.3) is 0 Å². The van der Waals surface area contributed by atoms with Gasteiger partial charge in [-0.15, -0.1) is 0 Å². The summed E-state index contributed by atoms with van der Waals surface area (Å²) in [5.41, 5.74) is 11.5. The number of nitrogens with zero attached hydrogens (tertiary/aromatic N) is 4. The lowest BCUT2D eigenvalue weighted by molar-refractivity contribution is 0.661. The summed E-state index contributed by atoms with van der Waals surface area (Å²) >= 11 is 3.72. The van der Waals surface area contributed by atoms with Crippen LogP contribution in [0, 0.1) is 0 Å². The van der Waals surface area contributed by atoms with Crippen molar-refractivity contribution in [1.29, 1.82) is 0 Å². The van der Waals surface area contributed by atoms with Gasteiger partial charge in [0.2, 0.25) is 0 Å². The van der Waals surface area contributed by atoms with Gasteiger partial charge < -0.3 is 4.57 Å². The maximum Gasteiger partial charge on any atom is 0.161 e. The highest BCUT2D eigenvalue weighted by Gasteiger charge is 2.40. The smallest absolute Gasteiger partial charge is 0.161 e. The molecule has 1 aliphatic carbocycles. The van der Waals surface area contributed by atoms with Gasteiger partial charge in [0.05, 0.1) is 17.6 Å². The van der Waals surface area contributed by atoms with Crippen molar-refractivity contribution in [1.82, 2.24) is 4.57 Å². The molecule has 2 heterocycles. The number of thioether (sulfide) groups is 2. The first-order chi connectivity index (χ1) is 27.4. The molecule has 56 heavy (non-hydrogen) atoms. The highest BCUT2D eigenvalue weighted by Crippen LogP contribution is 2.57. The number of amidine groups is 2. The minimum Gasteiger partial charge on any atom is -0.309 e. The van der Waals surface area contributed by atoms with Gasteiger partial charge in [0.1, 0.15) is 0 Å². The van der Waals surface area contributed by atoms with Crippen molar-refractivity contribution in [3.05, 3.63) is 196 Å². The molecule has 6 heteroatoms. The molecule has 1 aromatic heterocycles. The van der Waals surface area contributed by atoms with E-state index < -0.39 is 0 Å². The maximum atomic E-state index is 5.00. The third kappa shape index (κ3) is 6.19. The molecule has 0 radical (unpaired) electrons. The van der Waals surface area contributed by atoms with Crippen LogP contribution >= 0.6 is 23.5 Å². The van der Waals surface area contributed by atoms with E-state index in [0.717, 1.165) is 22.4 Å². The average molecular weight is 761 g/mol. The zero-order chi connectivity index (χ0) is 38.4. The summed E-state index contributed by atoms with van der Waals surface area (Å²) in [5, 5.41) is 2.49. The number of rotatable bonds is 7. The molecule has 0 saturated carbocycles. The van der Waals surface area contributed by atoms with Crippen molar-refractivity contribution in [2.24, 2.45) is 15.0 Å². The second-order valence-corrected chi connectivity index (χ2v) is 16.9. The third-order valence-electron chi connectivity index (χ3n) is 10.8. The zero-order valence-electron chi connectivity index (χ0n) is 31.7. The standard InChI is InChI=1S/C50H40N4S2/c1-6-7-22-43-32(2)55-44-29-40-38-27-28-39-37-20-14-15-21-42(37)54(47(39)46(38)50(3,4)41(40)30-45(44)56-43)36-25-23-35(24-26-36)48(51-5)53-49(34-18-12-9-13-19-34)52-31-33-16-10-8-11-17-33/h6-30H,1,5,31H2,2-4H3/b22-7-,52-49?,53-48?. The molecule has 0 N–H and O–H groups in total. The van der Waals surface area contributed by atoms with Crippen LogP contribution < -0.4 is 0 Å². The monoisotopic (exact) mass is 760 g/mol. The molecule has 0 atom stereocenters. The van der Waals surface area contributed by atoms with Gasteiger partial charge in [0, 0.05) is 52.6 Å². The normalized spacial score (nSPS) is 15.0. The van der Waals surface area contributed by atoms with Crippen LogP contribution in [0.4, 0.5) is 0 Å². The number of allylic oxidation sites excluding steroid dienone is 4. The quantitative estimate of drug-likeness (QED) is 0.0922. The number of aliphatic imine (C=N–C) groups is 3. The Labute approximate surface area is 336 Å². The van der Waals surface area contributed by atoms with E-state index in [2.05, 4.69) is 135 Å². The van der Waals surface area contributed by atoms with Gasteiger partial charge >= 0.3 is 0 Å². The van der Waals surface area contributed by atoms with Crippen LogP contribution in [-0.4, -0.2) is 23.0 Å². The van der Waals surface area contributed by atoms with Crippen LogP contribution in [-0.2, 0) is 12.0 Å². The van der Waals surface area contributed by atoms with E-state index in [0.29, 0.717) is 18.2 Å².